The number of hydrogen-bond donors (Lipinski definition) is 3. The highest BCUT2D eigenvalue weighted by Gasteiger charge is 2.27. The first-order valence-corrected chi connectivity index (χ1v) is 9.84. The number of aromatic nitrogens is 5. The SMILES string of the molecule is O=C(Nc1cccc(-c2n[nH]c(C3CC3)n2)c1)c1cccc(-n2[nH]c(=O)ccc2=O)c1. The van der Waals surface area contributed by atoms with Gasteiger partial charge in [-0.2, -0.15) is 5.10 Å². The van der Waals surface area contributed by atoms with E-state index in [4.69, 9.17) is 0 Å². The Morgan fingerprint density at radius 2 is 1.87 bits per heavy atom. The monoisotopic (exact) mass is 414 g/mol. The molecular weight excluding hydrogens is 396 g/mol. The molecule has 0 spiro atoms. The van der Waals surface area contributed by atoms with Crippen LogP contribution in [-0.4, -0.2) is 30.9 Å². The zero-order chi connectivity index (χ0) is 21.4. The normalized spacial score (nSPS) is 13.2. The van der Waals surface area contributed by atoms with Crippen LogP contribution in [0, 0.1) is 0 Å². The van der Waals surface area contributed by atoms with Crippen molar-refractivity contribution in [3.63, 3.8) is 0 Å². The van der Waals surface area contributed by atoms with E-state index in [0.29, 0.717) is 28.7 Å². The first kappa shape index (κ1) is 18.7. The molecule has 1 saturated carbocycles. The number of carbonyl (C=O) groups is 1. The van der Waals surface area contributed by atoms with Gasteiger partial charge in [0.1, 0.15) is 5.82 Å². The molecule has 2 aromatic carbocycles. The minimum absolute atomic E-state index is 0.341. The molecular formula is C22H18N6O3. The second kappa shape index (κ2) is 7.52. The quantitative estimate of drug-likeness (QED) is 0.462. The van der Waals surface area contributed by atoms with Crippen molar-refractivity contribution >= 4 is 11.6 Å². The highest BCUT2D eigenvalue weighted by atomic mass is 16.2. The number of amides is 1. The lowest BCUT2D eigenvalue weighted by molar-refractivity contribution is 0.102. The molecule has 5 rings (SSSR count). The summed E-state index contributed by atoms with van der Waals surface area (Å²) in [4.78, 5) is 40.9. The summed E-state index contributed by atoms with van der Waals surface area (Å²) in [5, 5.41) is 12.6. The molecule has 0 saturated heterocycles. The van der Waals surface area contributed by atoms with E-state index in [1.165, 1.54) is 12.1 Å². The molecule has 2 heterocycles. The second-order valence-corrected chi connectivity index (χ2v) is 7.39. The number of benzene rings is 2. The van der Waals surface area contributed by atoms with E-state index < -0.39 is 11.1 Å². The summed E-state index contributed by atoms with van der Waals surface area (Å²) in [6, 6.07) is 16.1. The van der Waals surface area contributed by atoms with Crippen LogP contribution in [0.4, 0.5) is 5.69 Å². The van der Waals surface area contributed by atoms with E-state index in [2.05, 4.69) is 25.6 Å². The summed E-state index contributed by atoms with van der Waals surface area (Å²) in [5.74, 6) is 1.62. The van der Waals surface area contributed by atoms with Gasteiger partial charge in [0, 0.05) is 34.9 Å². The zero-order valence-electron chi connectivity index (χ0n) is 16.3. The van der Waals surface area contributed by atoms with Crippen molar-refractivity contribution in [2.75, 3.05) is 5.32 Å². The molecule has 0 atom stereocenters. The Hall–Kier alpha value is -4.27. The molecule has 1 amide bonds. The molecule has 0 aliphatic heterocycles. The highest BCUT2D eigenvalue weighted by Crippen LogP contribution is 2.38. The van der Waals surface area contributed by atoms with E-state index in [-0.39, 0.29) is 5.91 Å². The molecule has 9 nitrogen and oxygen atoms in total. The first-order chi connectivity index (χ1) is 15.1. The van der Waals surface area contributed by atoms with Crippen LogP contribution in [0.25, 0.3) is 17.1 Å². The van der Waals surface area contributed by atoms with Gasteiger partial charge in [-0.15, -0.1) is 0 Å². The zero-order valence-corrected chi connectivity index (χ0v) is 16.3. The van der Waals surface area contributed by atoms with Crippen LogP contribution in [0.2, 0.25) is 0 Å². The third-order valence-corrected chi connectivity index (χ3v) is 5.03. The van der Waals surface area contributed by atoms with Crippen LogP contribution in [0.1, 0.15) is 34.9 Å². The molecule has 1 aliphatic rings. The predicted octanol–water partition coefficient (Wildman–Crippen LogP) is 2.44. The molecule has 1 fully saturated rings. The van der Waals surface area contributed by atoms with E-state index in [1.807, 2.05) is 12.1 Å². The Balaban J connectivity index is 1.38. The van der Waals surface area contributed by atoms with Crippen LogP contribution >= 0.6 is 0 Å². The summed E-state index contributed by atoms with van der Waals surface area (Å²) < 4.78 is 1.10. The van der Waals surface area contributed by atoms with Crippen LogP contribution < -0.4 is 16.4 Å². The topological polar surface area (TPSA) is 126 Å². The third-order valence-electron chi connectivity index (χ3n) is 5.03. The lowest BCUT2D eigenvalue weighted by Gasteiger charge is -2.09. The number of carbonyl (C=O) groups excluding carboxylic acids is 1. The van der Waals surface area contributed by atoms with Gasteiger partial charge in [0.25, 0.3) is 17.0 Å². The van der Waals surface area contributed by atoms with Crippen LogP contribution in [0.5, 0.6) is 0 Å². The van der Waals surface area contributed by atoms with Gasteiger partial charge < -0.3 is 5.32 Å². The molecule has 0 radical (unpaired) electrons. The van der Waals surface area contributed by atoms with Gasteiger partial charge in [0.15, 0.2) is 5.82 Å². The van der Waals surface area contributed by atoms with Crippen molar-refractivity contribution in [1.82, 2.24) is 25.0 Å². The number of H-pyrrole nitrogens is 2. The number of aromatic amines is 2. The van der Waals surface area contributed by atoms with Crippen LogP contribution in [0.15, 0.2) is 70.3 Å². The minimum Gasteiger partial charge on any atom is -0.322 e. The molecule has 3 N–H and O–H groups in total. The summed E-state index contributed by atoms with van der Waals surface area (Å²) in [5.41, 5.74) is 1.30. The van der Waals surface area contributed by atoms with Gasteiger partial charge >= 0.3 is 0 Å². The van der Waals surface area contributed by atoms with Gasteiger partial charge in [0.2, 0.25) is 0 Å². The summed E-state index contributed by atoms with van der Waals surface area (Å²) in [6.07, 6.45) is 2.26. The average Bonchev–Trinajstić information content (AvgIpc) is 3.52. The number of rotatable bonds is 5. The van der Waals surface area contributed by atoms with Crippen molar-refractivity contribution < 1.29 is 4.79 Å². The standard InChI is InChI=1S/C22H18N6O3/c29-18-9-10-19(30)28(27-18)17-6-2-4-15(12-17)22(31)23-16-5-1-3-14(11-16)21-24-20(25-26-21)13-7-8-13/h1-6,9-13H,7-8H2,(H,23,31)(H,27,29)(H,24,25,26). The molecule has 1 aliphatic carbocycles. The van der Waals surface area contributed by atoms with Crippen molar-refractivity contribution in [3.05, 3.63) is 92.8 Å². The fourth-order valence-electron chi connectivity index (χ4n) is 3.28. The Bertz CT molecular complexity index is 1400. The molecule has 4 aromatic rings. The lowest BCUT2D eigenvalue weighted by Crippen LogP contribution is -2.26. The van der Waals surface area contributed by atoms with Gasteiger partial charge in [-0.25, -0.2) is 9.67 Å². The maximum Gasteiger partial charge on any atom is 0.269 e. The van der Waals surface area contributed by atoms with Gasteiger partial charge in [0.05, 0.1) is 5.69 Å². The molecule has 31 heavy (non-hydrogen) atoms. The third kappa shape index (κ3) is 3.93. The smallest absolute Gasteiger partial charge is 0.269 e. The van der Waals surface area contributed by atoms with Gasteiger partial charge in [-0.1, -0.05) is 18.2 Å². The minimum atomic E-state index is -0.414. The first-order valence-electron chi connectivity index (χ1n) is 9.84. The Labute approximate surface area is 175 Å². The van der Waals surface area contributed by atoms with E-state index >= 15 is 0 Å². The fourth-order valence-corrected chi connectivity index (χ4v) is 3.28. The average molecular weight is 414 g/mol. The maximum absolute atomic E-state index is 12.8. The van der Waals surface area contributed by atoms with Crippen molar-refractivity contribution in [2.45, 2.75) is 18.8 Å². The number of nitrogens with one attached hydrogen (secondary N) is 3. The van der Waals surface area contributed by atoms with E-state index in [9.17, 15) is 14.4 Å². The Kier molecular flexibility index (Phi) is 4.55. The van der Waals surface area contributed by atoms with Crippen LogP contribution in [0.3, 0.4) is 0 Å². The molecule has 9 heteroatoms. The molecule has 2 aromatic heterocycles. The Morgan fingerprint density at radius 3 is 2.71 bits per heavy atom. The van der Waals surface area contributed by atoms with E-state index in [0.717, 1.165) is 35.0 Å². The predicted molar refractivity (Wildman–Crippen MR) is 114 cm³/mol. The maximum atomic E-state index is 12.8. The number of nitrogens with zero attached hydrogens (tertiary/aromatic N) is 3. The summed E-state index contributed by atoms with van der Waals surface area (Å²) >= 11 is 0. The molecule has 154 valence electrons. The van der Waals surface area contributed by atoms with E-state index in [1.54, 1.807) is 30.3 Å². The summed E-state index contributed by atoms with van der Waals surface area (Å²) in [7, 11) is 0. The number of hydrogen-bond acceptors (Lipinski definition) is 5. The molecule has 0 bridgehead atoms. The van der Waals surface area contributed by atoms with Gasteiger partial charge in [-0.05, 0) is 43.2 Å². The highest BCUT2D eigenvalue weighted by molar-refractivity contribution is 6.04. The van der Waals surface area contributed by atoms with Crippen molar-refractivity contribution in [2.24, 2.45) is 0 Å². The van der Waals surface area contributed by atoms with Crippen molar-refractivity contribution in [1.29, 1.82) is 0 Å². The Morgan fingerprint density at radius 1 is 1.03 bits per heavy atom. The second-order valence-electron chi connectivity index (χ2n) is 7.39. The van der Waals surface area contributed by atoms with Crippen molar-refractivity contribution in [3.8, 4) is 17.1 Å². The van der Waals surface area contributed by atoms with Gasteiger partial charge in [-0.3, -0.25) is 24.6 Å². The number of anilines is 1. The fraction of sp³-hybridized carbons (Fsp3) is 0.136. The molecule has 0 unspecified atom stereocenters. The lowest BCUT2D eigenvalue weighted by atomic mass is 10.1. The summed E-state index contributed by atoms with van der Waals surface area (Å²) in [6.45, 7) is 0. The largest absolute Gasteiger partial charge is 0.322 e. The van der Waals surface area contributed by atoms with Crippen LogP contribution in [-0.2, 0) is 0 Å².